The van der Waals surface area contributed by atoms with Crippen molar-refractivity contribution in [3.05, 3.63) is 0 Å². The number of esters is 1. The Kier molecular flexibility index (Phi) is 10.0. The largest absolute Gasteiger partial charge is 0.464 e. The molecule has 0 aromatic rings. The van der Waals surface area contributed by atoms with Gasteiger partial charge in [0.1, 0.15) is 6.61 Å². The van der Waals surface area contributed by atoms with E-state index in [0.717, 1.165) is 25.9 Å². The highest BCUT2D eigenvalue weighted by Gasteiger charge is 2.01. The second-order valence-corrected chi connectivity index (χ2v) is 2.98. The van der Waals surface area contributed by atoms with Crippen LogP contribution in [0, 0.1) is 0 Å². The van der Waals surface area contributed by atoms with Gasteiger partial charge < -0.3 is 14.8 Å². The van der Waals surface area contributed by atoms with Crippen molar-refractivity contribution < 1.29 is 14.3 Å². The number of carbonyl (C=O) groups excluding carboxylic acids is 1. The van der Waals surface area contributed by atoms with E-state index in [1.165, 1.54) is 0 Å². The third-order valence-electron chi connectivity index (χ3n) is 1.65. The third kappa shape index (κ3) is 9.48. The quantitative estimate of drug-likeness (QED) is 0.448. The molecule has 0 aromatic heterocycles. The molecule has 0 saturated heterocycles. The van der Waals surface area contributed by atoms with Gasteiger partial charge in [0.05, 0.1) is 13.2 Å². The van der Waals surface area contributed by atoms with E-state index >= 15 is 0 Å². The second-order valence-electron chi connectivity index (χ2n) is 2.98. The lowest BCUT2D eigenvalue weighted by molar-refractivity contribution is -0.149. The number of nitrogens with one attached hydrogen (secondary N) is 1. The van der Waals surface area contributed by atoms with E-state index in [9.17, 15) is 4.79 Å². The van der Waals surface area contributed by atoms with Crippen LogP contribution in [0.5, 0.6) is 0 Å². The Morgan fingerprint density at radius 1 is 1.29 bits per heavy atom. The van der Waals surface area contributed by atoms with Gasteiger partial charge >= 0.3 is 5.97 Å². The number of ether oxygens (including phenoxy) is 2. The highest BCUT2D eigenvalue weighted by atomic mass is 16.6. The van der Waals surface area contributed by atoms with E-state index in [4.69, 9.17) is 9.47 Å². The first-order valence-corrected chi connectivity index (χ1v) is 5.25. The van der Waals surface area contributed by atoms with E-state index in [0.29, 0.717) is 13.2 Å². The molecule has 14 heavy (non-hydrogen) atoms. The maximum Gasteiger partial charge on any atom is 0.332 e. The summed E-state index contributed by atoms with van der Waals surface area (Å²) >= 11 is 0. The lowest BCUT2D eigenvalue weighted by Gasteiger charge is -2.05. The zero-order valence-corrected chi connectivity index (χ0v) is 9.17. The van der Waals surface area contributed by atoms with Crippen LogP contribution < -0.4 is 5.32 Å². The normalized spacial score (nSPS) is 10.1. The maximum atomic E-state index is 11.0. The van der Waals surface area contributed by atoms with Crippen LogP contribution in [0.4, 0.5) is 0 Å². The summed E-state index contributed by atoms with van der Waals surface area (Å²) in [4.78, 5) is 11.0. The molecule has 84 valence electrons. The topological polar surface area (TPSA) is 47.6 Å². The average molecular weight is 203 g/mol. The van der Waals surface area contributed by atoms with Crippen molar-refractivity contribution in [2.45, 2.75) is 26.7 Å². The minimum Gasteiger partial charge on any atom is -0.464 e. The Balaban J connectivity index is 3.10. The molecule has 4 nitrogen and oxygen atoms in total. The molecule has 0 atom stereocenters. The van der Waals surface area contributed by atoms with Crippen molar-refractivity contribution in [3.8, 4) is 0 Å². The van der Waals surface area contributed by atoms with E-state index in [-0.39, 0.29) is 12.6 Å². The highest BCUT2D eigenvalue weighted by molar-refractivity contribution is 5.70. The fourth-order valence-electron chi connectivity index (χ4n) is 0.849. The molecular weight excluding hydrogens is 182 g/mol. The summed E-state index contributed by atoms with van der Waals surface area (Å²) in [6.07, 6.45) is 1.96. The standard InChI is InChI=1S/C10H21NO3/c1-3-5-7-14-10(12)9-13-8-6-11-4-2/h11H,3-9H2,1-2H3. The molecule has 0 fully saturated rings. The van der Waals surface area contributed by atoms with Crippen LogP contribution in [0.25, 0.3) is 0 Å². The first-order valence-electron chi connectivity index (χ1n) is 5.25. The van der Waals surface area contributed by atoms with E-state index in [1.54, 1.807) is 0 Å². The monoisotopic (exact) mass is 203 g/mol. The van der Waals surface area contributed by atoms with Gasteiger partial charge in [0.25, 0.3) is 0 Å². The molecular formula is C10H21NO3. The Hall–Kier alpha value is -0.610. The lowest BCUT2D eigenvalue weighted by atomic mass is 10.4. The van der Waals surface area contributed by atoms with Crippen LogP contribution in [0.15, 0.2) is 0 Å². The van der Waals surface area contributed by atoms with Gasteiger partial charge in [-0.05, 0) is 13.0 Å². The molecule has 0 aliphatic heterocycles. The van der Waals surface area contributed by atoms with Gasteiger partial charge in [0.15, 0.2) is 0 Å². The second kappa shape index (κ2) is 10.5. The molecule has 0 aliphatic rings. The van der Waals surface area contributed by atoms with Crippen molar-refractivity contribution in [2.24, 2.45) is 0 Å². The Morgan fingerprint density at radius 2 is 2.07 bits per heavy atom. The summed E-state index contributed by atoms with van der Waals surface area (Å²) in [5.74, 6) is -0.269. The fraction of sp³-hybridized carbons (Fsp3) is 0.900. The van der Waals surface area contributed by atoms with Crippen LogP contribution >= 0.6 is 0 Å². The maximum absolute atomic E-state index is 11.0. The zero-order chi connectivity index (χ0) is 10.6. The molecule has 4 heteroatoms. The molecule has 0 radical (unpaired) electrons. The summed E-state index contributed by atoms with van der Waals surface area (Å²) in [6.45, 7) is 6.90. The minimum absolute atomic E-state index is 0.0646. The molecule has 0 aliphatic carbocycles. The van der Waals surface area contributed by atoms with E-state index in [2.05, 4.69) is 12.2 Å². The molecule has 1 N–H and O–H groups in total. The van der Waals surface area contributed by atoms with Crippen LogP contribution in [0.3, 0.4) is 0 Å². The number of likely N-dealkylation sites (N-methyl/N-ethyl adjacent to an activating group) is 1. The third-order valence-corrected chi connectivity index (χ3v) is 1.65. The Bertz CT molecular complexity index is 139. The minimum atomic E-state index is -0.269. The number of hydrogen-bond donors (Lipinski definition) is 1. The summed E-state index contributed by atoms with van der Waals surface area (Å²) in [7, 11) is 0. The van der Waals surface area contributed by atoms with Crippen molar-refractivity contribution in [1.82, 2.24) is 5.32 Å². The predicted molar refractivity (Wildman–Crippen MR) is 55.2 cm³/mol. The summed E-state index contributed by atoms with van der Waals surface area (Å²) in [5, 5.41) is 3.10. The van der Waals surface area contributed by atoms with Gasteiger partial charge in [0.2, 0.25) is 0 Å². The van der Waals surface area contributed by atoms with Crippen molar-refractivity contribution in [1.29, 1.82) is 0 Å². The van der Waals surface area contributed by atoms with Gasteiger partial charge in [-0.3, -0.25) is 0 Å². The fourth-order valence-corrected chi connectivity index (χ4v) is 0.849. The number of rotatable bonds is 9. The van der Waals surface area contributed by atoms with Gasteiger partial charge in [-0.15, -0.1) is 0 Å². The van der Waals surface area contributed by atoms with Gasteiger partial charge in [-0.25, -0.2) is 4.79 Å². The molecule has 0 aromatic carbocycles. The molecule has 0 amide bonds. The smallest absolute Gasteiger partial charge is 0.332 e. The first kappa shape index (κ1) is 13.4. The number of unbranched alkanes of at least 4 members (excludes halogenated alkanes) is 1. The predicted octanol–water partition coefficient (Wildman–Crippen LogP) is 0.956. The SMILES string of the molecule is CCCCOC(=O)COCCNCC. The first-order chi connectivity index (χ1) is 6.81. The van der Waals surface area contributed by atoms with Gasteiger partial charge in [-0.2, -0.15) is 0 Å². The van der Waals surface area contributed by atoms with E-state index in [1.807, 2.05) is 6.92 Å². The molecule has 0 bridgehead atoms. The number of hydrogen-bond acceptors (Lipinski definition) is 4. The summed E-state index contributed by atoms with van der Waals surface area (Å²) in [6, 6.07) is 0. The van der Waals surface area contributed by atoms with Gasteiger partial charge in [-0.1, -0.05) is 20.3 Å². The molecule has 0 spiro atoms. The van der Waals surface area contributed by atoms with Crippen LogP contribution in [0.2, 0.25) is 0 Å². The van der Waals surface area contributed by atoms with Crippen LogP contribution in [0.1, 0.15) is 26.7 Å². The summed E-state index contributed by atoms with van der Waals surface area (Å²) < 4.78 is 10.00. The average Bonchev–Trinajstić information content (AvgIpc) is 2.18. The van der Waals surface area contributed by atoms with Gasteiger partial charge in [0, 0.05) is 6.54 Å². The Morgan fingerprint density at radius 3 is 2.71 bits per heavy atom. The number of carbonyl (C=O) groups is 1. The van der Waals surface area contributed by atoms with Crippen LogP contribution in [-0.4, -0.2) is 38.9 Å². The van der Waals surface area contributed by atoms with E-state index < -0.39 is 0 Å². The van der Waals surface area contributed by atoms with Crippen molar-refractivity contribution >= 4 is 5.97 Å². The van der Waals surface area contributed by atoms with Crippen LogP contribution in [-0.2, 0) is 14.3 Å². The zero-order valence-electron chi connectivity index (χ0n) is 9.17. The molecule has 0 rings (SSSR count). The van der Waals surface area contributed by atoms with Crippen molar-refractivity contribution in [3.63, 3.8) is 0 Å². The molecule has 0 unspecified atom stereocenters. The Labute approximate surface area is 86.0 Å². The highest BCUT2D eigenvalue weighted by Crippen LogP contribution is 1.89. The lowest BCUT2D eigenvalue weighted by Crippen LogP contribution is -2.21. The van der Waals surface area contributed by atoms with Crippen molar-refractivity contribution in [2.75, 3.05) is 32.9 Å². The molecule has 0 heterocycles. The molecule has 0 saturated carbocycles. The summed E-state index contributed by atoms with van der Waals surface area (Å²) in [5.41, 5.74) is 0.